The smallest absolute Gasteiger partial charge is 0.262 e. The van der Waals surface area contributed by atoms with Crippen molar-refractivity contribution in [1.29, 1.82) is 0 Å². The van der Waals surface area contributed by atoms with Crippen LogP contribution in [0.5, 0.6) is 0 Å². The molecule has 0 aliphatic carbocycles. The molecule has 2 aromatic rings. The average molecular weight is 380 g/mol. The van der Waals surface area contributed by atoms with Crippen molar-refractivity contribution in [2.75, 3.05) is 19.6 Å². The third-order valence-electron chi connectivity index (χ3n) is 3.80. The zero-order chi connectivity index (χ0) is 14.8. The molecule has 0 bridgehead atoms. The summed E-state index contributed by atoms with van der Waals surface area (Å²) < 4.78 is 0.942. The molecule has 1 amide bonds. The number of nitrogens with one attached hydrogen (secondary N) is 2. The minimum Gasteiger partial charge on any atom is -0.351 e. The van der Waals surface area contributed by atoms with E-state index >= 15 is 0 Å². The lowest BCUT2D eigenvalue weighted by molar-refractivity contribution is 0.0956. The van der Waals surface area contributed by atoms with Gasteiger partial charge in [0.15, 0.2) is 0 Å². The van der Waals surface area contributed by atoms with E-state index in [-0.39, 0.29) is 18.3 Å². The van der Waals surface area contributed by atoms with Crippen molar-refractivity contribution < 1.29 is 4.79 Å². The summed E-state index contributed by atoms with van der Waals surface area (Å²) in [5, 5.41) is 8.36. The van der Waals surface area contributed by atoms with Crippen molar-refractivity contribution in [3.05, 3.63) is 33.1 Å². The Morgan fingerprint density at radius 3 is 2.95 bits per heavy atom. The molecule has 1 aromatic heterocycles. The molecule has 0 saturated carbocycles. The SMILES string of the molecule is Cl.O=C(NCCC1CCNC1)c1sc2cc(Cl)ccc2c1Cl. The van der Waals surface area contributed by atoms with Gasteiger partial charge in [0.25, 0.3) is 5.91 Å². The monoisotopic (exact) mass is 378 g/mol. The largest absolute Gasteiger partial charge is 0.351 e. The third kappa shape index (κ3) is 3.87. The zero-order valence-electron chi connectivity index (χ0n) is 11.8. The van der Waals surface area contributed by atoms with E-state index in [1.54, 1.807) is 6.07 Å². The van der Waals surface area contributed by atoms with Crippen LogP contribution in [0.25, 0.3) is 10.1 Å². The fourth-order valence-electron chi connectivity index (χ4n) is 2.62. The summed E-state index contributed by atoms with van der Waals surface area (Å²) in [5.74, 6) is 0.574. The minimum absolute atomic E-state index is 0. The highest BCUT2D eigenvalue weighted by Gasteiger charge is 2.18. The van der Waals surface area contributed by atoms with Crippen LogP contribution in [-0.4, -0.2) is 25.5 Å². The number of amides is 1. The van der Waals surface area contributed by atoms with Crippen molar-refractivity contribution in [3.63, 3.8) is 0 Å². The molecule has 7 heteroatoms. The molecule has 1 saturated heterocycles. The van der Waals surface area contributed by atoms with Crippen LogP contribution in [0.3, 0.4) is 0 Å². The molecule has 2 N–H and O–H groups in total. The van der Waals surface area contributed by atoms with Gasteiger partial charge in [-0.2, -0.15) is 0 Å². The van der Waals surface area contributed by atoms with E-state index in [1.807, 2.05) is 12.1 Å². The maximum Gasteiger partial charge on any atom is 0.262 e. The summed E-state index contributed by atoms with van der Waals surface area (Å²) in [5.41, 5.74) is 0. The number of hydrogen-bond acceptors (Lipinski definition) is 3. The number of rotatable bonds is 4. The number of halogens is 3. The lowest BCUT2D eigenvalue weighted by Gasteiger charge is -2.08. The summed E-state index contributed by atoms with van der Waals surface area (Å²) >= 11 is 13.7. The second-order valence-electron chi connectivity index (χ2n) is 5.29. The Kier molecular flexibility index (Phi) is 6.36. The normalized spacial score (nSPS) is 17.5. The molecule has 1 atom stereocenters. The van der Waals surface area contributed by atoms with Crippen molar-refractivity contribution in [1.82, 2.24) is 10.6 Å². The molecule has 1 aliphatic rings. The highest BCUT2D eigenvalue weighted by molar-refractivity contribution is 7.21. The summed E-state index contributed by atoms with van der Waals surface area (Å²) in [7, 11) is 0. The van der Waals surface area contributed by atoms with Gasteiger partial charge in [0.05, 0.1) is 5.02 Å². The molecule has 3 nitrogen and oxygen atoms in total. The summed E-state index contributed by atoms with van der Waals surface area (Å²) in [6.45, 7) is 2.83. The molecule has 1 aromatic carbocycles. The number of hydrogen-bond donors (Lipinski definition) is 2. The van der Waals surface area contributed by atoms with Crippen LogP contribution in [0.15, 0.2) is 18.2 Å². The Labute approximate surface area is 149 Å². The second kappa shape index (κ2) is 7.84. The fourth-order valence-corrected chi connectivity index (χ4v) is 4.33. The topological polar surface area (TPSA) is 41.1 Å². The molecule has 2 heterocycles. The Bertz CT molecular complexity index is 668. The van der Waals surface area contributed by atoms with Gasteiger partial charge in [-0.05, 0) is 44.0 Å². The number of carbonyl (C=O) groups is 1. The Morgan fingerprint density at radius 2 is 2.23 bits per heavy atom. The zero-order valence-corrected chi connectivity index (χ0v) is 15.0. The Balaban J connectivity index is 0.00000176. The number of carbonyl (C=O) groups excluding carboxylic acids is 1. The van der Waals surface area contributed by atoms with E-state index in [9.17, 15) is 4.79 Å². The first-order chi connectivity index (χ1) is 10.1. The third-order valence-corrected chi connectivity index (χ3v) is 5.69. The second-order valence-corrected chi connectivity index (χ2v) is 7.16. The fraction of sp³-hybridized carbons (Fsp3) is 0.400. The molecule has 1 unspecified atom stereocenters. The molecule has 3 rings (SSSR count). The van der Waals surface area contributed by atoms with Gasteiger partial charge in [0.1, 0.15) is 4.88 Å². The predicted molar refractivity (Wildman–Crippen MR) is 97.0 cm³/mol. The van der Waals surface area contributed by atoms with Crippen LogP contribution >= 0.6 is 46.9 Å². The first kappa shape index (κ1) is 17.8. The van der Waals surface area contributed by atoms with Crippen molar-refractivity contribution in [3.8, 4) is 0 Å². The van der Waals surface area contributed by atoms with E-state index in [0.717, 1.165) is 29.6 Å². The van der Waals surface area contributed by atoms with Gasteiger partial charge < -0.3 is 10.6 Å². The van der Waals surface area contributed by atoms with Crippen LogP contribution in [0.4, 0.5) is 0 Å². The lowest BCUT2D eigenvalue weighted by atomic mass is 10.1. The number of fused-ring (bicyclic) bond motifs is 1. The molecule has 0 radical (unpaired) electrons. The van der Waals surface area contributed by atoms with Crippen LogP contribution in [0.1, 0.15) is 22.5 Å². The van der Waals surface area contributed by atoms with Gasteiger partial charge in [0.2, 0.25) is 0 Å². The summed E-state index contributed by atoms with van der Waals surface area (Å²) in [4.78, 5) is 12.8. The first-order valence-electron chi connectivity index (χ1n) is 7.01. The first-order valence-corrected chi connectivity index (χ1v) is 8.59. The van der Waals surface area contributed by atoms with Gasteiger partial charge in [-0.25, -0.2) is 0 Å². The van der Waals surface area contributed by atoms with E-state index < -0.39 is 0 Å². The minimum atomic E-state index is -0.0942. The highest BCUT2D eigenvalue weighted by atomic mass is 35.5. The Morgan fingerprint density at radius 1 is 1.41 bits per heavy atom. The van der Waals surface area contributed by atoms with Crippen LogP contribution in [-0.2, 0) is 0 Å². The quantitative estimate of drug-likeness (QED) is 0.828. The summed E-state index contributed by atoms with van der Waals surface area (Å²) in [6, 6.07) is 5.49. The van der Waals surface area contributed by atoms with Gasteiger partial charge >= 0.3 is 0 Å². The summed E-state index contributed by atoms with van der Waals surface area (Å²) in [6.07, 6.45) is 2.20. The van der Waals surface area contributed by atoms with Crippen molar-refractivity contribution >= 4 is 62.9 Å². The molecule has 1 fully saturated rings. The van der Waals surface area contributed by atoms with Gasteiger partial charge in [-0.15, -0.1) is 23.7 Å². The van der Waals surface area contributed by atoms with Crippen molar-refractivity contribution in [2.45, 2.75) is 12.8 Å². The molecular formula is C15H17Cl3N2OS. The lowest BCUT2D eigenvalue weighted by Crippen LogP contribution is -2.25. The molecule has 0 spiro atoms. The average Bonchev–Trinajstić information content (AvgIpc) is 3.07. The Hall–Kier alpha value is -0.520. The highest BCUT2D eigenvalue weighted by Crippen LogP contribution is 2.36. The van der Waals surface area contributed by atoms with E-state index in [0.29, 0.717) is 27.4 Å². The number of benzene rings is 1. The van der Waals surface area contributed by atoms with Crippen LogP contribution in [0, 0.1) is 5.92 Å². The standard InChI is InChI=1S/C15H16Cl2N2OS.ClH/c16-10-1-2-11-12(7-10)21-14(13(11)17)15(20)19-6-4-9-3-5-18-8-9;/h1-2,7,9,18H,3-6,8H2,(H,19,20);1H. The predicted octanol–water partition coefficient (Wildman–Crippen LogP) is 4.36. The molecular weight excluding hydrogens is 363 g/mol. The molecule has 120 valence electrons. The van der Waals surface area contributed by atoms with Gasteiger partial charge in [0, 0.05) is 21.7 Å². The number of thiophene rings is 1. The van der Waals surface area contributed by atoms with Crippen molar-refractivity contribution in [2.24, 2.45) is 5.92 Å². The van der Waals surface area contributed by atoms with Crippen LogP contribution in [0.2, 0.25) is 10.0 Å². The molecule has 22 heavy (non-hydrogen) atoms. The van der Waals surface area contributed by atoms with E-state index in [2.05, 4.69) is 10.6 Å². The van der Waals surface area contributed by atoms with E-state index in [1.165, 1.54) is 17.8 Å². The van der Waals surface area contributed by atoms with E-state index in [4.69, 9.17) is 23.2 Å². The van der Waals surface area contributed by atoms with Gasteiger partial charge in [-0.3, -0.25) is 4.79 Å². The maximum atomic E-state index is 12.3. The molecule has 1 aliphatic heterocycles. The van der Waals surface area contributed by atoms with Crippen LogP contribution < -0.4 is 10.6 Å². The van der Waals surface area contributed by atoms with Gasteiger partial charge in [-0.1, -0.05) is 29.3 Å². The maximum absolute atomic E-state index is 12.3.